The molecule has 0 radical (unpaired) electrons. The summed E-state index contributed by atoms with van der Waals surface area (Å²) >= 11 is 0. The van der Waals surface area contributed by atoms with E-state index in [0.29, 0.717) is 13.1 Å². The van der Waals surface area contributed by atoms with Gasteiger partial charge in [0.25, 0.3) is 10.0 Å². The topological polar surface area (TPSA) is 67.2 Å². The first kappa shape index (κ1) is 16.7. The summed E-state index contributed by atoms with van der Waals surface area (Å²) in [6.07, 6.45) is 6.33. The van der Waals surface area contributed by atoms with E-state index in [1.807, 2.05) is 6.92 Å². The van der Waals surface area contributed by atoms with Crippen molar-refractivity contribution in [2.24, 2.45) is 5.41 Å². The van der Waals surface area contributed by atoms with Gasteiger partial charge in [-0.2, -0.15) is 4.31 Å². The Labute approximate surface area is 132 Å². The maximum atomic E-state index is 12.6. The van der Waals surface area contributed by atoms with Gasteiger partial charge in [0.2, 0.25) is 0 Å². The van der Waals surface area contributed by atoms with Gasteiger partial charge in [-0.3, -0.25) is 0 Å². The van der Waals surface area contributed by atoms with Crippen LogP contribution in [-0.4, -0.2) is 48.5 Å². The molecule has 1 spiro atoms. The van der Waals surface area contributed by atoms with Gasteiger partial charge in [-0.15, -0.1) is 12.4 Å². The summed E-state index contributed by atoms with van der Waals surface area (Å²) in [6.45, 7) is 5.98. The molecule has 21 heavy (non-hydrogen) atoms. The van der Waals surface area contributed by atoms with Gasteiger partial charge < -0.3 is 9.88 Å². The Balaban J connectivity index is 0.00000161. The van der Waals surface area contributed by atoms with Crippen LogP contribution in [0.15, 0.2) is 17.6 Å². The summed E-state index contributed by atoms with van der Waals surface area (Å²) in [7, 11) is -3.42. The van der Waals surface area contributed by atoms with Crippen molar-refractivity contribution in [3.05, 3.63) is 12.5 Å². The SMILES string of the molecule is CCn1cnc(S(=O)(=O)N2CCC3(CCNCC3)C2)c1.Cl. The fourth-order valence-corrected chi connectivity index (χ4v) is 4.73. The van der Waals surface area contributed by atoms with E-state index in [2.05, 4.69) is 10.3 Å². The largest absolute Gasteiger partial charge is 0.336 e. The van der Waals surface area contributed by atoms with E-state index in [1.54, 1.807) is 21.4 Å². The number of nitrogens with one attached hydrogen (secondary N) is 1. The standard InChI is InChI=1S/C13H22N4O2S.ClH/c1-2-16-9-12(15-11-16)20(18,19)17-8-5-13(10-17)3-6-14-7-4-13;/h9,11,14H,2-8,10H2,1H3;1H. The summed E-state index contributed by atoms with van der Waals surface area (Å²) in [5.41, 5.74) is 0.186. The number of aromatic nitrogens is 2. The second kappa shape index (κ2) is 6.24. The summed E-state index contributed by atoms with van der Waals surface area (Å²) in [5, 5.41) is 3.53. The number of piperidine rings is 1. The van der Waals surface area contributed by atoms with Crippen molar-refractivity contribution in [3.8, 4) is 0 Å². The first-order valence-corrected chi connectivity index (χ1v) is 8.72. The number of imidazole rings is 1. The van der Waals surface area contributed by atoms with Crippen molar-refractivity contribution < 1.29 is 8.42 Å². The van der Waals surface area contributed by atoms with Crippen molar-refractivity contribution in [1.82, 2.24) is 19.2 Å². The smallest absolute Gasteiger partial charge is 0.262 e. The molecular weight excluding hydrogens is 312 g/mol. The highest BCUT2D eigenvalue weighted by Gasteiger charge is 2.43. The van der Waals surface area contributed by atoms with Crippen LogP contribution in [0.3, 0.4) is 0 Å². The second-order valence-corrected chi connectivity index (χ2v) is 7.77. The number of halogens is 1. The molecule has 0 saturated carbocycles. The molecule has 1 aromatic rings. The number of rotatable bonds is 3. The molecule has 6 nitrogen and oxygen atoms in total. The predicted octanol–water partition coefficient (Wildman–Crippen LogP) is 1.09. The number of aryl methyl sites for hydroxylation is 1. The zero-order valence-corrected chi connectivity index (χ0v) is 13.9. The normalized spacial score (nSPS) is 22.3. The van der Waals surface area contributed by atoms with Gasteiger partial charge in [0.1, 0.15) is 0 Å². The molecule has 0 unspecified atom stereocenters. The van der Waals surface area contributed by atoms with Crippen LogP contribution in [0.5, 0.6) is 0 Å². The van der Waals surface area contributed by atoms with Gasteiger partial charge in [0, 0.05) is 25.8 Å². The number of sulfonamides is 1. The first-order valence-electron chi connectivity index (χ1n) is 7.28. The Hall–Kier alpha value is -0.630. The van der Waals surface area contributed by atoms with Crippen LogP contribution in [0.4, 0.5) is 0 Å². The Morgan fingerprint density at radius 3 is 2.67 bits per heavy atom. The minimum Gasteiger partial charge on any atom is -0.336 e. The molecule has 120 valence electrons. The average Bonchev–Trinajstić information content (AvgIpc) is 3.07. The molecule has 1 N–H and O–H groups in total. The lowest BCUT2D eigenvalue weighted by atomic mass is 9.78. The monoisotopic (exact) mass is 334 g/mol. The lowest BCUT2D eigenvalue weighted by molar-refractivity contribution is 0.218. The van der Waals surface area contributed by atoms with Crippen LogP contribution >= 0.6 is 12.4 Å². The molecule has 2 saturated heterocycles. The fourth-order valence-electron chi connectivity index (χ4n) is 3.24. The van der Waals surface area contributed by atoms with E-state index in [9.17, 15) is 8.42 Å². The van der Waals surface area contributed by atoms with Crippen LogP contribution in [0, 0.1) is 5.41 Å². The molecule has 0 bridgehead atoms. The number of hydrogen-bond donors (Lipinski definition) is 1. The zero-order chi connectivity index (χ0) is 14.2. The maximum Gasteiger partial charge on any atom is 0.262 e. The third kappa shape index (κ3) is 3.11. The van der Waals surface area contributed by atoms with Crippen LogP contribution in [0.1, 0.15) is 26.2 Å². The minimum absolute atomic E-state index is 0. The van der Waals surface area contributed by atoms with Crippen LogP contribution in [0.25, 0.3) is 0 Å². The van der Waals surface area contributed by atoms with E-state index in [0.717, 1.165) is 38.9 Å². The van der Waals surface area contributed by atoms with Crippen molar-refractivity contribution in [2.45, 2.75) is 37.8 Å². The van der Waals surface area contributed by atoms with Crippen molar-refractivity contribution in [3.63, 3.8) is 0 Å². The second-order valence-electron chi connectivity index (χ2n) is 5.88. The summed E-state index contributed by atoms with van der Waals surface area (Å²) in [5.74, 6) is 0. The van der Waals surface area contributed by atoms with Gasteiger partial charge in [0.15, 0.2) is 5.03 Å². The minimum atomic E-state index is -3.42. The summed E-state index contributed by atoms with van der Waals surface area (Å²) in [6, 6.07) is 0. The van der Waals surface area contributed by atoms with Crippen LogP contribution in [0.2, 0.25) is 0 Å². The summed E-state index contributed by atoms with van der Waals surface area (Å²) < 4.78 is 28.7. The van der Waals surface area contributed by atoms with Gasteiger partial charge in [-0.05, 0) is 44.7 Å². The van der Waals surface area contributed by atoms with Gasteiger partial charge in [0.05, 0.1) is 6.33 Å². The van der Waals surface area contributed by atoms with Gasteiger partial charge in [-0.1, -0.05) is 0 Å². The number of hydrogen-bond acceptors (Lipinski definition) is 4. The molecule has 2 aliphatic heterocycles. The van der Waals surface area contributed by atoms with Gasteiger partial charge >= 0.3 is 0 Å². The fraction of sp³-hybridized carbons (Fsp3) is 0.769. The molecular formula is C13H23ClN4O2S. The molecule has 8 heteroatoms. The molecule has 3 heterocycles. The number of nitrogens with zero attached hydrogens (tertiary/aromatic N) is 3. The molecule has 2 aliphatic rings. The molecule has 1 aromatic heterocycles. The predicted molar refractivity (Wildman–Crippen MR) is 83.1 cm³/mol. The van der Waals surface area contributed by atoms with E-state index < -0.39 is 10.0 Å². The molecule has 3 rings (SSSR count). The molecule has 0 amide bonds. The van der Waals surface area contributed by atoms with E-state index in [1.165, 1.54) is 0 Å². The first-order chi connectivity index (χ1) is 9.56. The highest BCUT2D eigenvalue weighted by molar-refractivity contribution is 7.89. The molecule has 0 aliphatic carbocycles. The lowest BCUT2D eigenvalue weighted by Gasteiger charge is -2.33. The summed E-state index contributed by atoms with van der Waals surface area (Å²) in [4.78, 5) is 4.06. The molecule has 0 aromatic carbocycles. The van der Waals surface area contributed by atoms with E-state index in [-0.39, 0.29) is 22.8 Å². The van der Waals surface area contributed by atoms with Crippen molar-refractivity contribution >= 4 is 22.4 Å². The third-order valence-electron chi connectivity index (χ3n) is 4.65. The lowest BCUT2D eigenvalue weighted by Crippen LogP contribution is -2.39. The Morgan fingerprint density at radius 1 is 1.33 bits per heavy atom. The average molecular weight is 335 g/mol. The van der Waals surface area contributed by atoms with E-state index >= 15 is 0 Å². The Morgan fingerprint density at radius 2 is 2.05 bits per heavy atom. The van der Waals surface area contributed by atoms with Crippen LogP contribution in [-0.2, 0) is 16.6 Å². The molecule has 2 fully saturated rings. The van der Waals surface area contributed by atoms with E-state index in [4.69, 9.17) is 0 Å². The highest BCUT2D eigenvalue weighted by atomic mass is 35.5. The maximum absolute atomic E-state index is 12.6. The highest BCUT2D eigenvalue weighted by Crippen LogP contribution is 2.40. The van der Waals surface area contributed by atoms with Crippen LogP contribution < -0.4 is 5.32 Å². The Bertz CT molecular complexity index is 581. The van der Waals surface area contributed by atoms with Gasteiger partial charge in [-0.25, -0.2) is 13.4 Å². The zero-order valence-electron chi connectivity index (χ0n) is 12.3. The third-order valence-corrected chi connectivity index (χ3v) is 6.38. The van der Waals surface area contributed by atoms with Crippen molar-refractivity contribution in [2.75, 3.05) is 26.2 Å². The van der Waals surface area contributed by atoms with Crippen molar-refractivity contribution in [1.29, 1.82) is 0 Å². The quantitative estimate of drug-likeness (QED) is 0.898. The molecule has 0 atom stereocenters. The Kier molecular flexibility index (Phi) is 4.97.